The lowest BCUT2D eigenvalue weighted by molar-refractivity contribution is -0.0382. The van der Waals surface area contributed by atoms with Crippen LogP contribution in [0, 0.1) is 5.41 Å². The van der Waals surface area contributed by atoms with Gasteiger partial charge in [0.25, 0.3) is 15.7 Å². The Hall–Kier alpha value is -4.05. The molecule has 0 aliphatic heterocycles. The summed E-state index contributed by atoms with van der Waals surface area (Å²) in [6.45, 7) is 0.387. The number of esters is 3. The third-order valence-corrected chi connectivity index (χ3v) is 6.97. The van der Waals surface area contributed by atoms with Gasteiger partial charge in [-0.2, -0.15) is 0 Å². The van der Waals surface area contributed by atoms with Crippen LogP contribution in [0.1, 0.15) is 75.5 Å². The lowest BCUT2D eigenvalue weighted by Crippen LogP contribution is -2.39. The maximum Gasteiger partial charge on any atom is 0.338 e. The van der Waals surface area contributed by atoms with Crippen LogP contribution in [0.4, 0.5) is 0 Å². The van der Waals surface area contributed by atoms with Gasteiger partial charge in [-0.05, 0) is 77.6 Å². The van der Waals surface area contributed by atoms with Crippen molar-refractivity contribution < 1.29 is 43.0 Å². The van der Waals surface area contributed by atoms with Crippen LogP contribution in [-0.2, 0) is 14.2 Å². The van der Waals surface area contributed by atoms with Crippen LogP contribution in [0.2, 0.25) is 0 Å². The second-order valence-corrected chi connectivity index (χ2v) is 10.1. The van der Waals surface area contributed by atoms with Crippen molar-refractivity contribution in [2.45, 2.75) is 13.3 Å². The number of hydrogen-bond donors (Lipinski definition) is 0. The predicted molar refractivity (Wildman–Crippen MR) is 153 cm³/mol. The van der Waals surface area contributed by atoms with Crippen LogP contribution >= 0.6 is 34.8 Å². The van der Waals surface area contributed by atoms with E-state index in [0.29, 0.717) is 0 Å². The van der Waals surface area contributed by atoms with Gasteiger partial charge in [-0.15, -0.1) is 0 Å². The molecule has 3 rings (SSSR count). The van der Waals surface area contributed by atoms with E-state index < -0.39 is 58.9 Å². The Balaban J connectivity index is 1.87. The molecule has 12 heteroatoms. The number of ether oxygens (including phenoxy) is 3. The van der Waals surface area contributed by atoms with Gasteiger partial charge in [-0.25, -0.2) is 14.4 Å². The lowest BCUT2D eigenvalue weighted by atomic mass is 9.87. The molecule has 0 atom stereocenters. The normalized spacial score (nSPS) is 10.9. The molecule has 42 heavy (non-hydrogen) atoms. The highest BCUT2D eigenvalue weighted by Crippen LogP contribution is 2.27. The Morgan fingerprint density at radius 3 is 0.952 bits per heavy atom. The third-order valence-electron chi connectivity index (χ3n) is 6.35. The average molecular weight is 634 g/mol. The monoisotopic (exact) mass is 632 g/mol. The fraction of sp³-hybridized carbons (Fsp3) is 0.200. The Morgan fingerprint density at radius 1 is 0.500 bits per heavy atom. The molecule has 0 N–H and O–H groups in total. The molecule has 0 aromatic heterocycles. The molecule has 0 fully saturated rings. The number of hydrogen-bond acceptors (Lipinski definition) is 9. The molecule has 0 saturated carbocycles. The fourth-order valence-corrected chi connectivity index (χ4v) is 4.31. The minimum absolute atomic E-state index is 0.0752. The third kappa shape index (κ3) is 8.03. The first-order valence-corrected chi connectivity index (χ1v) is 13.5. The van der Waals surface area contributed by atoms with Crippen LogP contribution in [0.15, 0.2) is 72.8 Å². The summed E-state index contributed by atoms with van der Waals surface area (Å²) in [6.07, 6.45) is 0.156. The number of rotatable bonds is 13. The van der Waals surface area contributed by atoms with E-state index >= 15 is 0 Å². The molecule has 0 amide bonds. The molecule has 0 unspecified atom stereocenters. The minimum Gasteiger partial charge on any atom is -0.461 e. The summed E-state index contributed by atoms with van der Waals surface area (Å²) in [5.41, 5.74) is -1.82. The second kappa shape index (κ2) is 14.7. The van der Waals surface area contributed by atoms with Crippen molar-refractivity contribution >= 4 is 68.4 Å². The van der Waals surface area contributed by atoms with Crippen molar-refractivity contribution in [1.29, 1.82) is 0 Å². The van der Waals surface area contributed by atoms with Gasteiger partial charge < -0.3 is 14.2 Å². The molecule has 0 bridgehead atoms. The van der Waals surface area contributed by atoms with E-state index in [2.05, 4.69) is 0 Å². The summed E-state index contributed by atoms with van der Waals surface area (Å²) in [4.78, 5) is 74.2. The van der Waals surface area contributed by atoms with E-state index in [1.54, 1.807) is 6.92 Å². The molecule has 0 heterocycles. The van der Waals surface area contributed by atoms with Gasteiger partial charge in [-0.3, -0.25) is 14.4 Å². The molecule has 218 valence electrons. The Labute approximate surface area is 255 Å². The van der Waals surface area contributed by atoms with Crippen LogP contribution in [0.5, 0.6) is 0 Å². The highest BCUT2D eigenvalue weighted by molar-refractivity contribution is 6.69. The SMILES string of the molecule is CCC(COC(=O)c1ccccc1C(=O)Cl)(COC(=O)c1ccccc1C(=O)Cl)COC(=O)c1ccccc1C(=O)Cl. The van der Waals surface area contributed by atoms with Crippen LogP contribution < -0.4 is 0 Å². The summed E-state index contributed by atoms with van der Waals surface area (Å²) in [6, 6.07) is 17.2. The van der Waals surface area contributed by atoms with E-state index in [1.165, 1.54) is 72.8 Å². The van der Waals surface area contributed by atoms with Gasteiger partial charge in [0.15, 0.2) is 0 Å². The largest absolute Gasteiger partial charge is 0.461 e. The van der Waals surface area contributed by atoms with Crippen LogP contribution in [0.3, 0.4) is 0 Å². The fourth-order valence-electron chi connectivity index (χ4n) is 3.82. The molecule has 0 spiro atoms. The van der Waals surface area contributed by atoms with Crippen LogP contribution in [-0.4, -0.2) is 53.5 Å². The van der Waals surface area contributed by atoms with Crippen molar-refractivity contribution in [3.8, 4) is 0 Å². The molecule has 9 nitrogen and oxygen atoms in total. The number of carbonyl (C=O) groups excluding carboxylic acids is 6. The smallest absolute Gasteiger partial charge is 0.338 e. The summed E-state index contributed by atoms with van der Waals surface area (Å²) in [5, 5.41) is -2.61. The molecule has 0 radical (unpaired) electrons. The molecular formula is C30H23Cl3O9. The summed E-state index contributed by atoms with van der Waals surface area (Å²) in [7, 11) is 0. The standard InChI is InChI=1S/C30H23Cl3O9/c1-2-30(15-40-27(37)21-12-6-3-9-18(21)24(31)34,16-41-28(38)22-13-7-4-10-19(22)25(32)35)17-42-29(39)23-14-8-5-11-20(23)26(33)36/h3-14H,2,15-17H2,1H3. The zero-order chi connectivity index (χ0) is 30.9. The number of carbonyl (C=O) groups is 6. The van der Waals surface area contributed by atoms with E-state index in [0.717, 1.165) is 0 Å². The molecule has 0 saturated heterocycles. The van der Waals surface area contributed by atoms with Gasteiger partial charge in [0, 0.05) is 16.7 Å². The topological polar surface area (TPSA) is 130 Å². The maximum absolute atomic E-state index is 12.9. The summed E-state index contributed by atoms with van der Waals surface area (Å²) < 4.78 is 16.5. The molecule has 3 aromatic rings. The van der Waals surface area contributed by atoms with E-state index in [4.69, 9.17) is 49.0 Å². The van der Waals surface area contributed by atoms with Gasteiger partial charge in [0.2, 0.25) is 0 Å². The van der Waals surface area contributed by atoms with Gasteiger partial charge in [0.1, 0.15) is 19.8 Å². The highest BCUT2D eigenvalue weighted by atomic mass is 35.5. The van der Waals surface area contributed by atoms with Crippen molar-refractivity contribution in [3.63, 3.8) is 0 Å². The average Bonchev–Trinajstić information content (AvgIpc) is 3.00. The highest BCUT2D eigenvalue weighted by Gasteiger charge is 2.36. The Bertz CT molecular complexity index is 1360. The second-order valence-electron chi connectivity index (χ2n) is 9.04. The van der Waals surface area contributed by atoms with Gasteiger partial charge in [-0.1, -0.05) is 43.3 Å². The van der Waals surface area contributed by atoms with Crippen molar-refractivity contribution in [1.82, 2.24) is 0 Å². The van der Waals surface area contributed by atoms with Gasteiger partial charge >= 0.3 is 17.9 Å². The summed E-state index contributed by atoms with van der Waals surface area (Å²) in [5.74, 6) is -2.69. The summed E-state index contributed by atoms with van der Waals surface area (Å²) >= 11 is 16.8. The van der Waals surface area contributed by atoms with Crippen molar-refractivity contribution in [2.24, 2.45) is 5.41 Å². The predicted octanol–water partition coefficient (Wildman–Crippen LogP) is 6.09. The first-order chi connectivity index (χ1) is 20.0. The zero-order valence-corrected chi connectivity index (χ0v) is 24.3. The van der Waals surface area contributed by atoms with Crippen LogP contribution in [0.25, 0.3) is 0 Å². The Morgan fingerprint density at radius 2 is 0.738 bits per heavy atom. The minimum atomic E-state index is -1.30. The van der Waals surface area contributed by atoms with Crippen molar-refractivity contribution in [2.75, 3.05) is 19.8 Å². The first-order valence-electron chi connectivity index (χ1n) is 12.4. The molecular weight excluding hydrogens is 611 g/mol. The van der Waals surface area contributed by atoms with E-state index in [1.807, 2.05) is 0 Å². The lowest BCUT2D eigenvalue weighted by Gasteiger charge is -2.31. The van der Waals surface area contributed by atoms with Crippen molar-refractivity contribution in [3.05, 3.63) is 106 Å². The van der Waals surface area contributed by atoms with E-state index in [9.17, 15) is 28.8 Å². The molecule has 3 aromatic carbocycles. The number of halogens is 3. The quantitative estimate of drug-likeness (QED) is 0.125. The Kier molecular flexibility index (Phi) is 11.4. The molecule has 0 aliphatic carbocycles. The van der Waals surface area contributed by atoms with Gasteiger partial charge in [0.05, 0.1) is 22.1 Å². The number of benzene rings is 3. The van der Waals surface area contributed by atoms with E-state index in [-0.39, 0.29) is 39.8 Å². The zero-order valence-electron chi connectivity index (χ0n) is 22.1. The first kappa shape index (κ1) is 32.5. The molecule has 0 aliphatic rings. The maximum atomic E-state index is 12.9.